The van der Waals surface area contributed by atoms with E-state index in [0.29, 0.717) is 21.5 Å². The number of hydrogen-bond donors (Lipinski definition) is 1. The van der Waals surface area contributed by atoms with Crippen molar-refractivity contribution in [1.29, 1.82) is 0 Å². The Bertz CT molecular complexity index is 786. The third-order valence-corrected chi connectivity index (χ3v) is 4.12. The lowest BCUT2D eigenvalue weighted by Crippen LogP contribution is -1.99. The minimum Gasteiger partial charge on any atom is -0.489 e. The van der Waals surface area contributed by atoms with E-state index < -0.39 is 0 Å². The van der Waals surface area contributed by atoms with Gasteiger partial charge in [0.05, 0.1) is 10.7 Å². The van der Waals surface area contributed by atoms with Crippen molar-refractivity contribution in [2.75, 3.05) is 5.73 Å². The highest BCUT2D eigenvalue weighted by Gasteiger charge is 2.09. The molecule has 112 valence electrons. The Balaban J connectivity index is 1.79. The van der Waals surface area contributed by atoms with Crippen molar-refractivity contribution in [3.63, 3.8) is 0 Å². The monoisotopic (exact) mass is 334 g/mol. The number of rotatable bonds is 4. The zero-order chi connectivity index (χ0) is 15.5. The van der Waals surface area contributed by atoms with Crippen LogP contribution in [0.15, 0.2) is 47.8 Å². The molecule has 0 aliphatic carbocycles. The Morgan fingerprint density at radius 2 is 2.05 bits per heavy atom. The average Bonchev–Trinajstić information content (AvgIpc) is 2.94. The van der Waals surface area contributed by atoms with Crippen LogP contribution in [0.3, 0.4) is 0 Å². The molecule has 0 unspecified atom stereocenters. The SMILES string of the molecule is Nc1nc(-c2cccc(OCc3c(F)cccc3Cl)c2)cs1. The molecule has 3 rings (SSSR count). The number of benzene rings is 2. The molecule has 1 aromatic heterocycles. The number of nitrogens with two attached hydrogens (primary N) is 1. The van der Waals surface area contributed by atoms with Crippen molar-refractivity contribution in [3.8, 4) is 17.0 Å². The van der Waals surface area contributed by atoms with Crippen LogP contribution in [0, 0.1) is 5.82 Å². The first-order valence-corrected chi connectivity index (χ1v) is 7.76. The van der Waals surface area contributed by atoms with E-state index in [0.717, 1.165) is 11.3 Å². The minimum absolute atomic E-state index is 0.0637. The number of nitrogens with zero attached hydrogens (tertiary/aromatic N) is 1. The fraction of sp³-hybridized carbons (Fsp3) is 0.0625. The maximum Gasteiger partial charge on any atom is 0.180 e. The van der Waals surface area contributed by atoms with Crippen LogP contribution in [-0.2, 0) is 6.61 Å². The number of anilines is 1. The summed E-state index contributed by atoms with van der Waals surface area (Å²) in [5.41, 5.74) is 7.66. The maximum atomic E-state index is 13.7. The van der Waals surface area contributed by atoms with Gasteiger partial charge in [0.25, 0.3) is 0 Å². The van der Waals surface area contributed by atoms with E-state index in [4.69, 9.17) is 22.1 Å². The van der Waals surface area contributed by atoms with E-state index in [1.807, 2.05) is 23.6 Å². The zero-order valence-electron chi connectivity index (χ0n) is 11.4. The molecule has 0 amide bonds. The largest absolute Gasteiger partial charge is 0.489 e. The third kappa shape index (κ3) is 3.21. The van der Waals surface area contributed by atoms with Gasteiger partial charge in [-0.15, -0.1) is 11.3 Å². The molecule has 22 heavy (non-hydrogen) atoms. The van der Waals surface area contributed by atoms with Gasteiger partial charge in [0.2, 0.25) is 0 Å². The maximum absolute atomic E-state index is 13.7. The van der Waals surface area contributed by atoms with Crippen LogP contribution < -0.4 is 10.5 Å². The first-order valence-electron chi connectivity index (χ1n) is 6.50. The highest BCUT2D eigenvalue weighted by Crippen LogP contribution is 2.27. The average molecular weight is 335 g/mol. The van der Waals surface area contributed by atoms with Gasteiger partial charge in [-0.1, -0.05) is 29.8 Å². The standard InChI is InChI=1S/C16H12ClFN2OS/c17-13-5-2-6-14(18)12(13)8-21-11-4-1-3-10(7-11)15-9-22-16(19)20-15/h1-7,9H,8H2,(H2,19,20). The van der Waals surface area contributed by atoms with E-state index in [9.17, 15) is 4.39 Å². The van der Waals surface area contributed by atoms with Crippen molar-refractivity contribution >= 4 is 28.1 Å². The van der Waals surface area contributed by atoms with Gasteiger partial charge in [-0.3, -0.25) is 0 Å². The molecule has 0 saturated carbocycles. The number of ether oxygens (including phenoxy) is 1. The van der Waals surface area contributed by atoms with Gasteiger partial charge in [-0.05, 0) is 24.3 Å². The minimum atomic E-state index is -0.379. The van der Waals surface area contributed by atoms with E-state index in [1.54, 1.807) is 18.2 Å². The summed E-state index contributed by atoms with van der Waals surface area (Å²) in [6.07, 6.45) is 0. The molecular formula is C16H12ClFN2OS. The van der Waals surface area contributed by atoms with Gasteiger partial charge < -0.3 is 10.5 Å². The van der Waals surface area contributed by atoms with Gasteiger partial charge in [-0.2, -0.15) is 0 Å². The van der Waals surface area contributed by atoms with Gasteiger partial charge in [-0.25, -0.2) is 9.37 Å². The highest BCUT2D eigenvalue weighted by molar-refractivity contribution is 7.13. The van der Waals surface area contributed by atoms with Gasteiger partial charge in [0.1, 0.15) is 18.2 Å². The molecule has 0 aliphatic heterocycles. The van der Waals surface area contributed by atoms with Crippen molar-refractivity contribution in [3.05, 3.63) is 64.2 Å². The van der Waals surface area contributed by atoms with Gasteiger partial charge in [0.15, 0.2) is 5.13 Å². The summed E-state index contributed by atoms with van der Waals surface area (Å²) in [6, 6.07) is 12.0. The second-order valence-electron chi connectivity index (χ2n) is 4.59. The fourth-order valence-electron chi connectivity index (χ4n) is 1.99. The molecule has 3 nitrogen and oxygen atoms in total. The van der Waals surface area contributed by atoms with E-state index >= 15 is 0 Å². The number of halogens is 2. The molecule has 2 aromatic carbocycles. The molecule has 0 bridgehead atoms. The molecule has 0 aliphatic rings. The molecule has 3 aromatic rings. The molecule has 0 fully saturated rings. The molecule has 2 N–H and O–H groups in total. The van der Waals surface area contributed by atoms with Crippen molar-refractivity contribution in [2.24, 2.45) is 0 Å². The lowest BCUT2D eigenvalue weighted by Gasteiger charge is -2.09. The van der Waals surface area contributed by atoms with Crippen LogP contribution in [0.25, 0.3) is 11.3 Å². The van der Waals surface area contributed by atoms with Gasteiger partial charge >= 0.3 is 0 Å². The Kier molecular flexibility index (Phi) is 4.27. The lowest BCUT2D eigenvalue weighted by molar-refractivity contribution is 0.300. The zero-order valence-corrected chi connectivity index (χ0v) is 13.0. The van der Waals surface area contributed by atoms with Crippen molar-refractivity contribution < 1.29 is 9.13 Å². The Morgan fingerprint density at radius 3 is 2.77 bits per heavy atom. The van der Waals surface area contributed by atoms with Crippen LogP contribution in [0.1, 0.15) is 5.56 Å². The first-order chi connectivity index (χ1) is 10.6. The van der Waals surface area contributed by atoms with Crippen molar-refractivity contribution in [1.82, 2.24) is 4.98 Å². The summed E-state index contributed by atoms with van der Waals surface area (Å²) in [5, 5.41) is 2.74. The van der Waals surface area contributed by atoms with Crippen LogP contribution in [0.5, 0.6) is 5.75 Å². The van der Waals surface area contributed by atoms with Gasteiger partial charge in [0, 0.05) is 16.5 Å². The first kappa shape index (κ1) is 14.8. The summed E-state index contributed by atoms with van der Waals surface area (Å²) in [4.78, 5) is 4.23. The smallest absolute Gasteiger partial charge is 0.180 e. The summed E-state index contributed by atoms with van der Waals surface area (Å²) in [5.74, 6) is 0.235. The number of aromatic nitrogens is 1. The Morgan fingerprint density at radius 1 is 1.23 bits per heavy atom. The third-order valence-electron chi connectivity index (χ3n) is 3.10. The lowest BCUT2D eigenvalue weighted by atomic mass is 10.1. The van der Waals surface area contributed by atoms with E-state index in [2.05, 4.69) is 4.98 Å². The predicted octanol–water partition coefficient (Wildman–Crippen LogP) is 4.76. The molecule has 0 atom stereocenters. The van der Waals surface area contributed by atoms with E-state index in [-0.39, 0.29) is 12.4 Å². The molecular weight excluding hydrogens is 323 g/mol. The molecule has 0 spiro atoms. The number of nitrogen functional groups attached to an aromatic ring is 1. The van der Waals surface area contributed by atoms with Crippen LogP contribution in [0.2, 0.25) is 5.02 Å². The van der Waals surface area contributed by atoms with Crippen LogP contribution in [-0.4, -0.2) is 4.98 Å². The Labute approximate surface area is 136 Å². The molecule has 0 saturated heterocycles. The second kappa shape index (κ2) is 6.34. The fourth-order valence-corrected chi connectivity index (χ4v) is 2.78. The van der Waals surface area contributed by atoms with Crippen LogP contribution >= 0.6 is 22.9 Å². The molecule has 0 radical (unpaired) electrons. The summed E-state index contributed by atoms with van der Waals surface area (Å²) < 4.78 is 19.4. The highest BCUT2D eigenvalue weighted by atomic mass is 35.5. The topological polar surface area (TPSA) is 48.1 Å². The number of hydrogen-bond acceptors (Lipinski definition) is 4. The molecule has 1 heterocycles. The van der Waals surface area contributed by atoms with E-state index in [1.165, 1.54) is 17.4 Å². The summed E-state index contributed by atoms with van der Waals surface area (Å²) in [7, 11) is 0. The Hall–Kier alpha value is -2.11. The normalized spacial score (nSPS) is 10.6. The second-order valence-corrected chi connectivity index (χ2v) is 5.88. The summed E-state index contributed by atoms with van der Waals surface area (Å²) >= 11 is 7.36. The van der Waals surface area contributed by atoms with Crippen LogP contribution in [0.4, 0.5) is 9.52 Å². The molecule has 6 heteroatoms. The number of thiazole rings is 1. The summed E-state index contributed by atoms with van der Waals surface area (Å²) in [6.45, 7) is 0.0637. The quantitative estimate of drug-likeness (QED) is 0.748. The van der Waals surface area contributed by atoms with Crippen molar-refractivity contribution in [2.45, 2.75) is 6.61 Å². The predicted molar refractivity (Wildman–Crippen MR) is 87.7 cm³/mol.